The molecule has 0 aromatic heterocycles. The third kappa shape index (κ3) is 4.24. The number of ether oxygens (including phenoxy) is 1. The molecule has 2 aromatic rings. The molecule has 5 heteroatoms. The van der Waals surface area contributed by atoms with Crippen LogP contribution in [0.2, 0.25) is 0 Å². The predicted octanol–water partition coefficient (Wildman–Crippen LogP) is 2.80. The summed E-state index contributed by atoms with van der Waals surface area (Å²) in [5, 5.41) is 13.1. The first-order chi connectivity index (χ1) is 10.1. The molecule has 0 radical (unpaired) electrons. The van der Waals surface area contributed by atoms with Gasteiger partial charge in [-0.15, -0.1) is 0 Å². The van der Waals surface area contributed by atoms with Gasteiger partial charge in [-0.1, -0.05) is 18.2 Å². The summed E-state index contributed by atoms with van der Waals surface area (Å²) in [6, 6.07) is 10.9. The molecular weight excluding hydrogens is 276 g/mol. The van der Waals surface area contributed by atoms with Crippen LogP contribution in [0.25, 0.3) is 0 Å². The number of aliphatic hydroxyl groups excluding tert-OH is 1. The summed E-state index contributed by atoms with van der Waals surface area (Å²) in [5.41, 5.74) is 1.35. The van der Waals surface area contributed by atoms with E-state index < -0.39 is 17.7 Å². The van der Waals surface area contributed by atoms with E-state index in [9.17, 15) is 13.9 Å². The summed E-state index contributed by atoms with van der Waals surface area (Å²) in [4.78, 5) is 0. The van der Waals surface area contributed by atoms with Crippen LogP contribution in [0.5, 0.6) is 5.75 Å². The number of methoxy groups -OCH3 is 1. The van der Waals surface area contributed by atoms with Crippen molar-refractivity contribution in [2.24, 2.45) is 0 Å². The van der Waals surface area contributed by atoms with Crippen molar-refractivity contribution in [3.8, 4) is 5.75 Å². The number of benzene rings is 2. The number of aliphatic hydroxyl groups is 1. The Bertz CT molecular complexity index is 605. The Morgan fingerprint density at radius 3 is 2.67 bits per heavy atom. The molecule has 1 unspecified atom stereocenters. The highest BCUT2D eigenvalue weighted by Crippen LogP contribution is 2.18. The standard InChI is InChI=1S/C16H17F2NO2/c1-21-13-4-2-3-12(8-13)16(20)10-19-9-11-5-6-14(17)15(18)7-11/h2-8,16,19-20H,9-10H2,1H3. The molecule has 3 nitrogen and oxygen atoms in total. The first-order valence-corrected chi connectivity index (χ1v) is 6.57. The molecule has 0 aliphatic carbocycles. The average Bonchev–Trinajstić information content (AvgIpc) is 2.50. The largest absolute Gasteiger partial charge is 0.497 e. The van der Waals surface area contributed by atoms with E-state index in [2.05, 4.69) is 5.32 Å². The highest BCUT2D eigenvalue weighted by molar-refractivity contribution is 5.30. The molecule has 2 rings (SSSR count). The van der Waals surface area contributed by atoms with Gasteiger partial charge >= 0.3 is 0 Å². The molecule has 0 aliphatic rings. The van der Waals surface area contributed by atoms with Crippen molar-refractivity contribution >= 4 is 0 Å². The van der Waals surface area contributed by atoms with Gasteiger partial charge in [-0.25, -0.2) is 8.78 Å². The zero-order chi connectivity index (χ0) is 15.2. The molecule has 0 saturated carbocycles. The van der Waals surface area contributed by atoms with E-state index in [4.69, 9.17) is 4.74 Å². The molecule has 0 aliphatic heterocycles. The maximum atomic E-state index is 13.0. The number of nitrogens with one attached hydrogen (secondary N) is 1. The maximum absolute atomic E-state index is 13.0. The van der Waals surface area contributed by atoms with Crippen molar-refractivity contribution in [2.45, 2.75) is 12.6 Å². The Labute approximate surface area is 122 Å². The topological polar surface area (TPSA) is 41.5 Å². The Balaban J connectivity index is 1.88. The van der Waals surface area contributed by atoms with Gasteiger partial charge < -0.3 is 15.2 Å². The summed E-state index contributed by atoms with van der Waals surface area (Å²) in [6.07, 6.45) is -0.703. The fourth-order valence-electron chi connectivity index (χ4n) is 1.97. The van der Waals surface area contributed by atoms with E-state index in [1.54, 1.807) is 31.4 Å². The molecular formula is C16H17F2NO2. The number of hydrogen-bond acceptors (Lipinski definition) is 3. The quantitative estimate of drug-likeness (QED) is 0.860. The summed E-state index contributed by atoms with van der Waals surface area (Å²) in [5.74, 6) is -1.06. The Morgan fingerprint density at radius 2 is 1.95 bits per heavy atom. The lowest BCUT2D eigenvalue weighted by Crippen LogP contribution is -2.21. The van der Waals surface area contributed by atoms with Gasteiger partial charge in [-0.05, 0) is 35.4 Å². The lowest BCUT2D eigenvalue weighted by atomic mass is 10.1. The minimum atomic E-state index is -0.873. The van der Waals surface area contributed by atoms with Crippen molar-refractivity contribution in [1.29, 1.82) is 0 Å². The van der Waals surface area contributed by atoms with Crippen LogP contribution in [0.3, 0.4) is 0 Å². The molecule has 21 heavy (non-hydrogen) atoms. The lowest BCUT2D eigenvalue weighted by Gasteiger charge is -2.13. The van der Waals surface area contributed by atoms with Crippen LogP contribution >= 0.6 is 0 Å². The minimum absolute atomic E-state index is 0.298. The molecule has 2 N–H and O–H groups in total. The fourth-order valence-corrected chi connectivity index (χ4v) is 1.97. The minimum Gasteiger partial charge on any atom is -0.497 e. The van der Waals surface area contributed by atoms with Crippen LogP contribution in [-0.2, 0) is 6.54 Å². The molecule has 1 atom stereocenters. The lowest BCUT2D eigenvalue weighted by molar-refractivity contribution is 0.174. The number of hydrogen-bond donors (Lipinski definition) is 2. The summed E-state index contributed by atoms with van der Waals surface area (Å²) >= 11 is 0. The number of rotatable bonds is 6. The first kappa shape index (κ1) is 15.4. The second-order valence-corrected chi connectivity index (χ2v) is 4.67. The van der Waals surface area contributed by atoms with E-state index in [0.717, 1.165) is 17.7 Å². The molecule has 0 heterocycles. The van der Waals surface area contributed by atoms with Crippen molar-refractivity contribution in [1.82, 2.24) is 5.32 Å². The second kappa shape index (κ2) is 7.15. The van der Waals surface area contributed by atoms with Crippen LogP contribution in [0.15, 0.2) is 42.5 Å². The third-order valence-electron chi connectivity index (χ3n) is 3.13. The van der Waals surface area contributed by atoms with Gasteiger partial charge in [0.1, 0.15) is 5.75 Å². The molecule has 2 aromatic carbocycles. The Morgan fingerprint density at radius 1 is 1.14 bits per heavy atom. The normalized spacial score (nSPS) is 12.2. The Hall–Kier alpha value is -1.98. The molecule has 0 amide bonds. The van der Waals surface area contributed by atoms with Gasteiger partial charge in [-0.2, -0.15) is 0 Å². The van der Waals surface area contributed by atoms with E-state index in [1.165, 1.54) is 6.07 Å². The zero-order valence-electron chi connectivity index (χ0n) is 11.6. The van der Waals surface area contributed by atoms with Gasteiger partial charge in [0.15, 0.2) is 11.6 Å². The van der Waals surface area contributed by atoms with Crippen LogP contribution in [-0.4, -0.2) is 18.8 Å². The molecule has 0 bridgehead atoms. The Kier molecular flexibility index (Phi) is 5.25. The van der Waals surface area contributed by atoms with Crippen molar-refractivity contribution in [3.63, 3.8) is 0 Å². The summed E-state index contributed by atoms with van der Waals surface area (Å²) in [7, 11) is 1.56. The van der Waals surface area contributed by atoms with Gasteiger partial charge in [0.2, 0.25) is 0 Å². The number of halogens is 2. The molecule has 0 saturated heterocycles. The van der Waals surface area contributed by atoms with Gasteiger partial charge in [0.25, 0.3) is 0 Å². The smallest absolute Gasteiger partial charge is 0.159 e. The van der Waals surface area contributed by atoms with Crippen molar-refractivity contribution in [2.75, 3.05) is 13.7 Å². The second-order valence-electron chi connectivity index (χ2n) is 4.67. The van der Waals surface area contributed by atoms with Crippen molar-refractivity contribution < 1.29 is 18.6 Å². The molecule has 0 spiro atoms. The van der Waals surface area contributed by atoms with E-state index in [0.29, 0.717) is 24.4 Å². The van der Waals surface area contributed by atoms with Crippen LogP contribution < -0.4 is 10.1 Å². The highest BCUT2D eigenvalue weighted by atomic mass is 19.2. The maximum Gasteiger partial charge on any atom is 0.159 e. The van der Waals surface area contributed by atoms with Crippen LogP contribution in [0.4, 0.5) is 8.78 Å². The van der Waals surface area contributed by atoms with Crippen LogP contribution in [0, 0.1) is 11.6 Å². The fraction of sp³-hybridized carbons (Fsp3) is 0.250. The zero-order valence-corrected chi connectivity index (χ0v) is 11.6. The van der Waals surface area contributed by atoms with Gasteiger partial charge in [0.05, 0.1) is 13.2 Å². The molecule has 0 fully saturated rings. The monoisotopic (exact) mass is 293 g/mol. The summed E-state index contributed by atoms with van der Waals surface area (Å²) in [6.45, 7) is 0.643. The third-order valence-corrected chi connectivity index (χ3v) is 3.13. The molecule has 112 valence electrons. The summed E-state index contributed by atoms with van der Waals surface area (Å²) < 4.78 is 30.9. The average molecular weight is 293 g/mol. The van der Waals surface area contributed by atoms with Gasteiger partial charge in [-0.3, -0.25) is 0 Å². The highest BCUT2D eigenvalue weighted by Gasteiger charge is 2.08. The van der Waals surface area contributed by atoms with Gasteiger partial charge in [0, 0.05) is 13.1 Å². The van der Waals surface area contributed by atoms with Crippen LogP contribution in [0.1, 0.15) is 17.2 Å². The van der Waals surface area contributed by atoms with E-state index in [1.807, 2.05) is 0 Å². The predicted molar refractivity (Wildman–Crippen MR) is 76.0 cm³/mol. The SMILES string of the molecule is COc1cccc(C(O)CNCc2ccc(F)c(F)c2)c1. The van der Waals surface area contributed by atoms with E-state index >= 15 is 0 Å². The first-order valence-electron chi connectivity index (χ1n) is 6.57. The van der Waals surface area contributed by atoms with E-state index in [-0.39, 0.29) is 0 Å². The van der Waals surface area contributed by atoms with Crippen molar-refractivity contribution in [3.05, 3.63) is 65.2 Å².